The first-order valence-corrected chi connectivity index (χ1v) is 7.57. The number of nitrogens with one attached hydrogen (secondary N) is 1. The summed E-state index contributed by atoms with van der Waals surface area (Å²) in [4.78, 5) is 24.8. The van der Waals surface area contributed by atoms with Crippen LogP contribution in [0.3, 0.4) is 0 Å². The number of methoxy groups -OCH3 is 1. The average Bonchev–Trinajstić information content (AvgIpc) is 2.63. The Balaban J connectivity index is 1.86. The number of aryl methyl sites for hydroxylation is 1. The van der Waals surface area contributed by atoms with E-state index in [-0.39, 0.29) is 17.6 Å². The van der Waals surface area contributed by atoms with Crippen molar-refractivity contribution in [2.75, 3.05) is 7.11 Å². The molecule has 0 aliphatic heterocycles. The number of ether oxygens (including phenoxy) is 1. The van der Waals surface area contributed by atoms with E-state index in [9.17, 15) is 14.0 Å². The SMILES string of the molecule is COc1ccc(CNC(=O)c2nn(C)c3ccc(F)cc3c2=O)cc1. The number of benzene rings is 2. The Kier molecular flexibility index (Phi) is 4.47. The first-order valence-electron chi connectivity index (χ1n) is 7.57. The normalized spacial score (nSPS) is 10.7. The topological polar surface area (TPSA) is 73.2 Å². The highest BCUT2D eigenvalue weighted by molar-refractivity contribution is 5.95. The lowest BCUT2D eigenvalue weighted by Crippen LogP contribution is -2.31. The van der Waals surface area contributed by atoms with E-state index < -0.39 is 17.2 Å². The van der Waals surface area contributed by atoms with E-state index in [0.29, 0.717) is 11.3 Å². The second-order valence-electron chi connectivity index (χ2n) is 5.49. The first-order chi connectivity index (χ1) is 12.0. The minimum Gasteiger partial charge on any atom is -0.497 e. The molecule has 0 saturated carbocycles. The maximum atomic E-state index is 13.4. The number of hydrogen-bond donors (Lipinski definition) is 1. The fourth-order valence-electron chi connectivity index (χ4n) is 2.51. The van der Waals surface area contributed by atoms with E-state index in [0.717, 1.165) is 11.6 Å². The van der Waals surface area contributed by atoms with Crippen LogP contribution in [-0.2, 0) is 13.6 Å². The molecule has 1 N–H and O–H groups in total. The van der Waals surface area contributed by atoms with Gasteiger partial charge in [-0.2, -0.15) is 5.10 Å². The Bertz CT molecular complexity index is 997. The monoisotopic (exact) mass is 341 g/mol. The lowest BCUT2D eigenvalue weighted by molar-refractivity contribution is 0.0943. The summed E-state index contributed by atoms with van der Waals surface area (Å²) in [5.41, 5.74) is 0.435. The Morgan fingerprint density at radius 2 is 1.96 bits per heavy atom. The number of fused-ring (bicyclic) bond motifs is 1. The van der Waals surface area contributed by atoms with Gasteiger partial charge in [0.2, 0.25) is 5.43 Å². The summed E-state index contributed by atoms with van der Waals surface area (Å²) in [5.74, 6) is -0.440. The summed E-state index contributed by atoms with van der Waals surface area (Å²) in [6, 6.07) is 11.0. The first kappa shape index (κ1) is 16.6. The molecule has 0 bridgehead atoms. The van der Waals surface area contributed by atoms with Crippen LogP contribution in [0.2, 0.25) is 0 Å². The second-order valence-corrected chi connectivity index (χ2v) is 5.49. The molecular weight excluding hydrogens is 325 g/mol. The van der Waals surface area contributed by atoms with Crippen molar-refractivity contribution in [3.05, 3.63) is 69.8 Å². The molecule has 3 rings (SSSR count). The van der Waals surface area contributed by atoms with Crippen molar-refractivity contribution in [2.24, 2.45) is 7.05 Å². The average molecular weight is 341 g/mol. The molecule has 0 saturated heterocycles. The predicted molar refractivity (Wildman–Crippen MR) is 91.1 cm³/mol. The van der Waals surface area contributed by atoms with E-state index in [1.165, 1.54) is 16.8 Å². The van der Waals surface area contributed by atoms with Crippen molar-refractivity contribution in [3.63, 3.8) is 0 Å². The van der Waals surface area contributed by atoms with Crippen LogP contribution in [0.25, 0.3) is 10.9 Å². The molecule has 128 valence electrons. The zero-order valence-electron chi connectivity index (χ0n) is 13.7. The summed E-state index contributed by atoms with van der Waals surface area (Å²) < 4.78 is 19.9. The van der Waals surface area contributed by atoms with E-state index in [2.05, 4.69) is 10.4 Å². The van der Waals surface area contributed by atoms with Crippen LogP contribution >= 0.6 is 0 Å². The minimum absolute atomic E-state index is 0.118. The van der Waals surface area contributed by atoms with Crippen LogP contribution in [0.1, 0.15) is 16.1 Å². The van der Waals surface area contributed by atoms with Gasteiger partial charge in [-0.1, -0.05) is 12.1 Å². The zero-order valence-corrected chi connectivity index (χ0v) is 13.7. The van der Waals surface area contributed by atoms with Gasteiger partial charge in [-0.25, -0.2) is 4.39 Å². The minimum atomic E-state index is -0.609. The molecule has 0 fully saturated rings. The van der Waals surface area contributed by atoms with Gasteiger partial charge in [-0.05, 0) is 35.9 Å². The number of halogens is 1. The zero-order chi connectivity index (χ0) is 18.0. The summed E-state index contributed by atoms with van der Waals surface area (Å²) in [7, 11) is 3.17. The molecule has 0 atom stereocenters. The van der Waals surface area contributed by atoms with E-state index >= 15 is 0 Å². The van der Waals surface area contributed by atoms with Crippen LogP contribution in [0.15, 0.2) is 47.3 Å². The van der Waals surface area contributed by atoms with Gasteiger partial charge < -0.3 is 10.1 Å². The smallest absolute Gasteiger partial charge is 0.276 e. The highest BCUT2D eigenvalue weighted by Crippen LogP contribution is 2.12. The van der Waals surface area contributed by atoms with E-state index in [1.54, 1.807) is 38.4 Å². The molecule has 25 heavy (non-hydrogen) atoms. The van der Waals surface area contributed by atoms with Gasteiger partial charge in [0.05, 0.1) is 18.0 Å². The Hall–Kier alpha value is -3.22. The van der Waals surface area contributed by atoms with Crippen LogP contribution in [0.4, 0.5) is 4.39 Å². The van der Waals surface area contributed by atoms with Crippen molar-refractivity contribution >= 4 is 16.8 Å². The maximum Gasteiger partial charge on any atom is 0.276 e. The Morgan fingerprint density at radius 3 is 2.64 bits per heavy atom. The molecule has 6 nitrogen and oxygen atoms in total. The Labute approximate surface area is 142 Å². The van der Waals surface area contributed by atoms with Gasteiger partial charge >= 0.3 is 0 Å². The fourth-order valence-corrected chi connectivity index (χ4v) is 2.51. The van der Waals surface area contributed by atoms with Crippen molar-refractivity contribution in [3.8, 4) is 5.75 Å². The van der Waals surface area contributed by atoms with Gasteiger partial charge in [0.15, 0.2) is 5.69 Å². The number of nitrogens with zero attached hydrogens (tertiary/aromatic N) is 2. The Morgan fingerprint density at radius 1 is 1.24 bits per heavy atom. The molecule has 1 aromatic heterocycles. The number of amides is 1. The van der Waals surface area contributed by atoms with Crippen LogP contribution in [0, 0.1) is 5.82 Å². The van der Waals surface area contributed by atoms with Crippen molar-refractivity contribution in [2.45, 2.75) is 6.54 Å². The summed E-state index contributed by atoms with van der Waals surface area (Å²) in [5, 5.41) is 6.79. The number of rotatable bonds is 4. The van der Waals surface area contributed by atoms with Crippen molar-refractivity contribution in [1.82, 2.24) is 15.1 Å². The highest BCUT2D eigenvalue weighted by Gasteiger charge is 2.16. The van der Waals surface area contributed by atoms with Gasteiger partial charge in [0.1, 0.15) is 11.6 Å². The second kappa shape index (κ2) is 6.72. The molecule has 0 aliphatic rings. The fraction of sp³-hybridized carbons (Fsp3) is 0.167. The van der Waals surface area contributed by atoms with Gasteiger partial charge in [0.25, 0.3) is 5.91 Å². The third-order valence-corrected chi connectivity index (χ3v) is 3.84. The number of aromatic nitrogens is 2. The lowest BCUT2D eigenvalue weighted by atomic mass is 10.2. The summed E-state index contributed by atoms with van der Waals surface area (Å²) in [6.45, 7) is 0.231. The third-order valence-electron chi connectivity index (χ3n) is 3.84. The molecule has 0 unspecified atom stereocenters. The highest BCUT2D eigenvalue weighted by atomic mass is 19.1. The van der Waals surface area contributed by atoms with Gasteiger partial charge in [-0.3, -0.25) is 14.3 Å². The van der Waals surface area contributed by atoms with Crippen molar-refractivity contribution < 1.29 is 13.9 Å². The molecule has 0 radical (unpaired) electrons. The van der Waals surface area contributed by atoms with Crippen LogP contribution < -0.4 is 15.5 Å². The standard InChI is InChI=1S/C18H16FN3O3/c1-22-15-8-5-12(19)9-14(15)17(23)16(21-22)18(24)20-10-11-3-6-13(25-2)7-4-11/h3-9H,10H2,1-2H3,(H,20,24). The molecule has 0 aliphatic carbocycles. The molecule has 3 aromatic rings. The van der Waals surface area contributed by atoms with Gasteiger partial charge in [-0.15, -0.1) is 0 Å². The summed E-state index contributed by atoms with van der Waals surface area (Å²) >= 11 is 0. The summed E-state index contributed by atoms with van der Waals surface area (Å²) in [6.07, 6.45) is 0. The van der Waals surface area contributed by atoms with Crippen LogP contribution in [0.5, 0.6) is 5.75 Å². The van der Waals surface area contributed by atoms with E-state index in [1.807, 2.05) is 0 Å². The number of carbonyl (C=O) groups excluding carboxylic acids is 1. The van der Waals surface area contributed by atoms with E-state index in [4.69, 9.17) is 4.74 Å². The largest absolute Gasteiger partial charge is 0.497 e. The lowest BCUT2D eigenvalue weighted by Gasteiger charge is -2.09. The number of carbonyl (C=O) groups is 1. The predicted octanol–water partition coefficient (Wildman–Crippen LogP) is 2.01. The molecule has 1 heterocycles. The van der Waals surface area contributed by atoms with Crippen LogP contribution in [-0.4, -0.2) is 22.8 Å². The van der Waals surface area contributed by atoms with Gasteiger partial charge in [0, 0.05) is 13.6 Å². The molecule has 0 spiro atoms. The molecule has 7 heteroatoms. The maximum absolute atomic E-state index is 13.4. The quantitative estimate of drug-likeness (QED) is 0.788. The van der Waals surface area contributed by atoms with Crippen molar-refractivity contribution in [1.29, 1.82) is 0 Å². The number of hydrogen-bond acceptors (Lipinski definition) is 4. The molecule has 1 amide bonds. The molecule has 2 aromatic carbocycles. The molecular formula is C18H16FN3O3. The third kappa shape index (κ3) is 3.35.